The van der Waals surface area contributed by atoms with Gasteiger partial charge >= 0.3 is 0 Å². The van der Waals surface area contributed by atoms with Crippen molar-refractivity contribution in [1.82, 2.24) is 9.97 Å². The van der Waals surface area contributed by atoms with Crippen molar-refractivity contribution in [3.63, 3.8) is 0 Å². The predicted octanol–water partition coefficient (Wildman–Crippen LogP) is 5.17. The van der Waals surface area contributed by atoms with Crippen LogP contribution in [0.4, 0.5) is 4.39 Å². The van der Waals surface area contributed by atoms with Crippen LogP contribution < -0.4 is 15.0 Å². The number of primary sulfonamides is 2. The zero-order valence-electron chi connectivity index (χ0n) is 25.8. The highest BCUT2D eigenvalue weighted by Gasteiger charge is 2.31. The fourth-order valence-corrected chi connectivity index (χ4v) is 6.73. The molecule has 244 valence electrons. The molecule has 2 atom stereocenters. The van der Waals surface area contributed by atoms with Crippen LogP contribution in [0.1, 0.15) is 91.9 Å². The van der Waals surface area contributed by atoms with Crippen molar-refractivity contribution in [2.45, 2.75) is 102 Å². The minimum atomic E-state index is -3.88. The summed E-state index contributed by atoms with van der Waals surface area (Å²) < 4.78 is 61.3. The number of ether oxygens (including phenoxy) is 1. The number of nitrogens with two attached hydrogens (primary N) is 2. The maximum Gasteiger partial charge on any atom is 0.255 e. The van der Waals surface area contributed by atoms with Crippen LogP contribution in [0.15, 0.2) is 46.5 Å². The van der Waals surface area contributed by atoms with Gasteiger partial charge in [-0.1, -0.05) is 39.8 Å². The van der Waals surface area contributed by atoms with Gasteiger partial charge in [0.05, 0.1) is 6.61 Å². The number of aromatic nitrogens is 2. The van der Waals surface area contributed by atoms with Crippen molar-refractivity contribution < 1.29 is 31.1 Å². The van der Waals surface area contributed by atoms with E-state index in [-0.39, 0.29) is 5.03 Å². The Kier molecular flexibility index (Phi) is 14.0. The van der Waals surface area contributed by atoms with E-state index in [0.29, 0.717) is 29.9 Å². The molecule has 2 aliphatic rings. The summed E-state index contributed by atoms with van der Waals surface area (Å²) in [5.41, 5.74) is 1.07. The molecule has 2 aromatic heterocycles. The van der Waals surface area contributed by atoms with Crippen LogP contribution in [-0.2, 0) is 20.0 Å². The van der Waals surface area contributed by atoms with Crippen LogP contribution in [-0.4, -0.2) is 45.1 Å². The minimum absolute atomic E-state index is 0.155. The Morgan fingerprint density at radius 2 is 1.33 bits per heavy atom. The first-order chi connectivity index (χ1) is 19.9. The molecule has 0 amide bonds. The fraction of sp³-hybridized carbons (Fsp3) is 0.667. The van der Waals surface area contributed by atoms with Gasteiger partial charge in [-0.2, -0.15) is 4.39 Å². The molecule has 0 aromatic carbocycles. The zero-order valence-corrected chi connectivity index (χ0v) is 27.5. The first-order valence-corrected chi connectivity index (χ1v) is 17.9. The molecule has 0 saturated heterocycles. The molecule has 0 bridgehead atoms. The number of hydrogen-bond acceptors (Lipinski definition) is 8. The monoisotopic (exact) mass is 644 g/mol. The summed E-state index contributed by atoms with van der Waals surface area (Å²) in [4.78, 5) is 6.97. The first kappa shape index (κ1) is 37.0. The lowest BCUT2D eigenvalue weighted by molar-refractivity contribution is 0.266. The van der Waals surface area contributed by atoms with Gasteiger partial charge in [0, 0.05) is 12.7 Å². The van der Waals surface area contributed by atoms with Gasteiger partial charge in [-0.15, -0.1) is 0 Å². The Morgan fingerprint density at radius 1 is 0.837 bits per heavy atom. The normalized spacial score (nSPS) is 20.8. The molecule has 13 heteroatoms. The number of halogens is 1. The van der Waals surface area contributed by atoms with E-state index in [4.69, 9.17) is 15.0 Å². The highest BCUT2D eigenvalue weighted by Crippen LogP contribution is 2.43. The summed E-state index contributed by atoms with van der Waals surface area (Å²) in [5.74, 6) is 1.13. The molecule has 0 spiro atoms. The van der Waals surface area contributed by atoms with E-state index >= 15 is 0 Å². The first-order valence-electron chi connectivity index (χ1n) is 14.8. The molecule has 10 nitrogen and oxygen atoms in total. The molecule has 2 aromatic rings. The van der Waals surface area contributed by atoms with Crippen molar-refractivity contribution in [3.05, 3.63) is 42.3 Å². The number of hydrogen-bond donors (Lipinski definition) is 3. The van der Waals surface area contributed by atoms with E-state index in [1.807, 2.05) is 0 Å². The average Bonchev–Trinajstić information content (AvgIpc) is 3.45. The molecule has 0 aliphatic heterocycles. The summed E-state index contributed by atoms with van der Waals surface area (Å²) in [6.07, 6.45) is 12.4. The zero-order chi connectivity index (χ0) is 32.3. The van der Waals surface area contributed by atoms with Crippen LogP contribution in [0, 0.1) is 28.6 Å². The third kappa shape index (κ3) is 14.4. The van der Waals surface area contributed by atoms with E-state index in [1.165, 1.54) is 57.1 Å². The van der Waals surface area contributed by atoms with E-state index in [0.717, 1.165) is 43.2 Å². The lowest BCUT2D eigenvalue weighted by Gasteiger charge is -2.17. The summed E-state index contributed by atoms with van der Waals surface area (Å²) in [6.45, 7) is 10.3. The maximum absolute atomic E-state index is 12.3. The summed E-state index contributed by atoms with van der Waals surface area (Å²) >= 11 is 0. The van der Waals surface area contributed by atoms with Gasteiger partial charge < -0.3 is 9.84 Å². The van der Waals surface area contributed by atoms with Gasteiger partial charge in [-0.25, -0.2) is 37.1 Å². The topological polar surface area (TPSA) is 176 Å². The number of pyridine rings is 2. The van der Waals surface area contributed by atoms with Gasteiger partial charge in [0.15, 0.2) is 10.1 Å². The molecule has 2 aliphatic carbocycles. The SMILES string of the molecule is CC1(C)CCC(CCCO)C1.CC1(C)CCC(CCCOc2cccc(S(N)(=O)=O)n2)C1.NS(=O)(=O)c1cccc(F)n1. The highest BCUT2D eigenvalue weighted by atomic mass is 32.2. The van der Waals surface area contributed by atoms with Crippen molar-refractivity contribution in [2.24, 2.45) is 32.9 Å². The fourth-order valence-electron chi connectivity index (χ4n) is 5.77. The predicted molar refractivity (Wildman–Crippen MR) is 164 cm³/mol. The maximum atomic E-state index is 12.3. The lowest BCUT2D eigenvalue weighted by atomic mass is 9.89. The quantitative estimate of drug-likeness (QED) is 0.234. The average molecular weight is 645 g/mol. The molecular weight excluding hydrogens is 595 g/mol. The smallest absolute Gasteiger partial charge is 0.255 e. The lowest BCUT2D eigenvalue weighted by Crippen LogP contribution is -2.14. The number of sulfonamides is 2. The Balaban J connectivity index is 0.000000247. The van der Waals surface area contributed by atoms with Gasteiger partial charge in [-0.05, 0) is 105 Å². The molecule has 0 radical (unpaired) electrons. The number of aliphatic hydroxyl groups is 1. The van der Waals surface area contributed by atoms with Gasteiger partial charge in [0.25, 0.3) is 20.0 Å². The van der Waals surface area contributed by atoms with Crippen molar-refractivity contribution in [2.75, 3.05) is 13.2 Å². The molecule has 43 heavy (non-hydrogen) atoms. The molecule has 2 saturated carbocycles. The van der Waals surface area contributed by atoms with Crippen LogP contribution in [0.25, 0.3) is 0 Å². The second kappa shape index (κ2) is 16.2. The van der Waals surface area contributed by atoms with Gasteiger partial charge in [-0.3, -0.25) is 0 Å². The van der Waals surface area contributed by atoms with Gasteiger partial charge in [0.1, 0.15) is 0 Å². The van der Waals surface area contributed by atoms with E-state index < -0.39 is 31.0 Å². The summed E-state index contributed by atoms with van der Waals surface area (Å²) in [5, 5.41) is 17.8. The third-order valence-electron chi connectivity index (χ3n) is 7.89. The van der Waals surface area contributed by atoms with E-state index in [9.17, 15) is 21.2 Å². The van der Waals surface area contributed by atoms with Gasteiger partial charge in [0.2, 0.25) is 11.8 Å². The van der Waals surface area contributed by atoms with Crippen LogP contribution in [0.5, 0.6) is 5.88 Å². The molecular formula is C30H49FN4O6S2. The minimum Gasteiger partial charge on any atom is -0.478 e. The highest BCUT2D eigenvalue weighted by molar-refractivity contribution is 7.89. The standard InChI is InChI=1S/C15H24N2O3S.C10H20O.C5H5FN2O2S/c1-15(2)9-8-12(11-15)5-4-10-20-13-6-3-7-14(17-13)21(16,18)19;1-10(2)6-5-9(8-10)4-3-7-11;6-4-2-1-3-5(8-4)11(7,9)10/h3,6-7,12H,4-5,8-11H2,1-2H3,(H2,16,18,19);9,11H,3-8H2,1-2H3;1-3H,(H2,7,9,10). The molecule has 2 heterocycles. The van der Waals surface area contributed by atoms with Crippen molar-refractivity contribution >= 4 is 20.0 Å². The Hall–Kier alpha value is -2.19. The van der Waals surface area contributed by atoms with E-state index in [1.54, 1.807) is 12.1 Å². The molecule has 2 fully saturated rings. The number of rotatable bonds is 10. The second-order valence-electron chi connectivity index (χ2n) is 13.1. The Morgan fingerprint density at radius 3 is 1.74 bits per heavy atom. The van der Waals surface area contributed by atoms with Crippen LogP contribution in [0.3, 0.4) is 0 Å². The third-order valence-corrected chi connectivity index (χ3v) is 9.51. The van der Waals surface area contributed by atoms with E-state index in [2.05, 4.69) is 42.8 Å². The number of aliphatic hydroxyl groups excluding tert-OH is 1. The summed E-state index contributed by atoms with van der Waals surface area (Å²) in [7, 11) is -7.65. The Bertz CT molecular complexity index is 1370. The van der Waals surface area contributed by atoms with Crippen molar-refractivity contribution in [3.8, 4) is 5.88 Å². The summed E-state index contributed by atoms with van der Waals surface area (Å²) in [6, 6.07) is 7.98. The van der Waals surface area contributed by atoms with Crippen molar-refractivity contribution in [1.29, 1.82) is 0 Å². The second-order valence-corrected chi connectivity index (χ2v) is 16.1. The molecule has 2 unspecified atom stereocenters. The molecule has 4 rings (SSSR count). The van der Waals surface area contributed by atoms with Crippen LogP contribution >= 0.6 is 0 Å². The Labute approximate surface area is 257 Å². The largest absolute Gasteiger partial charge is 0.478 e. The van der Waals surface area contributed by atoms with Crippen LogP contribution in [0.2, 0.25) is 0 Å². The number of nitrogens with zero attached hydrogens (tertiary/aromatic N) is 2. The molecule has 5 N–H and O–H groups in total.